The van der Waals surface area contributed by atoms with Crippen molar-refractivity contribution in [3.8, 4) is 0 Å². The quantitative estimate of drug-likeness (QED) is 0.671. The number of aromatic nitrogens is 1. The first kappa shape index (κ1) is 16.1. The average molecular weight is 356 g/mol. The highest BCUT2D eigenvalue weighted by Crippen LogP contribution is 2.30. The molecule has 4 rings (SSSR count). The summed E-state index contributed by atoms with van der Waals surface area (Å²) in [5.41, 5.74) is 2.53. The maximum Gasteiger partial charge on any atom is 0.326 e. The number of hydrogen-bond acceptors (Lipinski definition) is 4. The number of nitrogens with zero attached hydrogens (tertiary/aromatic N) is 2. The topological polar surface area (TPSA) is 123 Å². The summed E-state index contributed by atoms with van der Waals surface area (Å²) in [7, 11) is 0. The molecule has 3 heterocycles. The number of para-hydroxylation sites is 1. The Kier molecular flexibility index (Phi) is 3.64. The highest BCUT2D eigenvalue weighted by Gasteiger charge is 2.39. The van der Waals surface area contributed by atoms with Gasteiger partial charge in [0.1, 0.15) is 12.6 Å². The third-order valence-electron chi connectivity index (χ3n) is 4.84. The molecule has 1 saturated heterocycles. The van der Waals surface area contributed by atoms with Gasteiger partial charge < -0.3 is 20.3 Å². The number of carbonyl (C=O) groups is 4. The number of carbonyl (C=O) groups excluding carboxylic acids is 3. The number of carboxylic acid groups (broad SMARTS) is 1. The SMILES string of the molecule is O=C(O)[C@@H]1Cc2c([nH]c3ccccc23)CN1C(=O)CN1C(=O)CNC1=O. The third-order valence-corrected chi connectivity index (χ3v) is 4.84. The lowest BCUT2D eigenvalue weighted by Gasteiger charge is -2.33. The van der Waals surface area contributed by atoms with Crippen LogP contribution in [0.5, 0.6) is 0 Å². The highest BCUT2D eigenvalue weighted by molar-refractivity contribution is 6.04. The number of amides is 4. The molecule has 0 unspecified atom stereocenters. The van der Waals surface area contributed by atoms with Crippen LogP contribution in [0.4, 0.5) is 4.79 Å². The van der Waals surface area contributed by atoms with E-state index >= 15 is 0 Å². The van der Waals surface area contributed by atoms with Gasteiger partial charge in [-0.15, -0.1) is 0 Å². The summed E-state index contributed by atoms with van der Waals surface area (Å²) in [6.45, 7) is -0.534. The maximum absolute atomic E-state index is 12.7. The van der Waals surface area contributed by atoms with E-state index in [2.05, 4.69) is 10.3 Å². The zero-order chi connectivity index (χ0) is 18.4. The van der Waals surface area contributed by atoms with E-state index in [0.29, 0.717) is 0 Å². The standard InChI is InChI=1S/C17H16N4O5/c22-14-6-18-17(26)21(14)8-15(23)20-7-12-10(5-13(20)16(24)25)9-3-1-2-4-11(9)19-12/h1-4,13,19H,5-8H2,(H,18,26)(H,24,25)/t13-/m0/s1. The van der Waals surface area contributed by atoms with Crippen LogP contribution >= 0.6 is 0 Å². The minimum atomic E-state index is -1.12. The largest absolute Gasteiger partial charge is 0.480 e. The predicted octanol–water partition coefficient (Wildman–Crippen LogP) is 0.0576. The maximum atomic E-state index is 12.7. The van der Waals surface area contributed by atoms with Crippen molar-refractivity contribution in [1.82, 2.24) is 20.1 Å². The summed E-state index contributed by atoms with van der Waals surface area (Å²) in [4.78, 5) is 53.0. The van der Waals surface area contributed by atoms with Crippen LogP contribution in [-0.4, -0.2) is 62.8 Å². The molecule has 9 nitrogen and oxygen atoms in total. The minimum Gasteiger partial charge on any atom is -0.480 e. The van der Waals surface area contributed by atoms with Crippen molar-refractivity contribution in [3.63, 3.8) is 0 Å². The molecule has 2 aliphatic rings. The summed E-state index contributed by atoms with van der Waals surface area (Å²) < 4.78 is 0. The lowest BCUT2D eigenvalue weighted by molar-refractivity contribution is -0.152. The average Bonchev–Trinajstić information content (AvgIpc) is 3.14. The molecule has 0 radical (unpaired) electrons. The number of fused-ring (bicyclic) bond motifs is 3. The van der Waals surface area contributed by atoms with Crippen molar-refractivity contribution in [2.45, 2.75) is 19.0 Å². The van der Waals surface area contributed by atoms with Gasteiger partial charge in [-0.2, -0.15) is 0 Å². The first-order valence-electron chi connectivity index (χ1n) is 8.14. The number of rotatable bonds is 3. The number of H-pyrrole nitrogens is 1. The van der Waals surface area contributed by atoms with E-state index in [1.807, 2.05) is 24.3 Å². The van der Waals surface area contributed by atoms with E-state index in [4.69, 9.17) is 0 Å². The van der Waals surface area contributed by atoms with E-state index in [1.54, 1.807) is 0 Å². The normalized spacial score (nSPS) is 19.6. The molecule has 9 heteroatoms. The fourth-order valence-corrected chi connectivity index (χ4v) is 3.53. The highest BCUT2D eigenvalue weighted by atomic mass is 16.4. The van der Waals surface area contributed by atoms with Crippen molar-refractivity contribution in [2.75, 3.05) is 13.1 Å². The van der Waals surface area contributed by atoms with Gasteiger partial charge in [-0.1, -0.05) is 18.2 Å². The van der Waals surface area contributed by atoms with Crippen LogP contribution in [0.1, 0.15) is 11.3 Å². The fourth-order valence-electron chi connectivity index (χ4n) is 3.53. The van der Waals surface area contributed by atoms with Gasteiger partial charge in [-0.05, 0) is 11.6 Å². The van der Waals surface area contributed by atoms with Crippen molar-refractivity contribution in [3.05, 3.63) is 35.5 Å². The van der Waals surface area contributed by atoms with Crippen LogP contribution in [-0.2, 0) is 27.3 Å². The first-order valence-corrected chi connectivity index (χ1v) is 8.14. The zero-order valence-electron chi connectivity index (χ0n) is 13.7. The van der Waals surface area contributed by atoms with E-state index in [1.165, 1.54) is 4.90 Å². The minimum absolute atomic E-state index is 0.0868. The Morgan fingerprint density at radius 2 is 2.00 bits per heavy atom. The monoisotopic (exact) mass is 356 g/mol. The zero-order valence-corrected chi connectivity index (χ0v) is 13.7. The number of aromatic amines is 1. The van der Waals surface area contributed by atoms with Gasteiger partial charge in [0, 0.05) is 23.0 Å². The molecule has 0 aliphatic carbocycles. The Morgan fingerprint density at radius 1 is 1.23 bits per heavy atom. The van der Waals surface area contributed by atoms with E-state index < -0.39 is 36.4 Å². The summed E-state index contributed by atoms with van der Waals surface area (Å²) >= 11 is 0. The second-order valence-corrected chi connectivity index (χ2v) is 6.35. The Bertz CT molecular complexity index is 934. The summed E-state index contributed by atoms with van der Waals surface area (Å²) in [6, 6.07) is 5.87. The Labute approximate surface area is 147 Å². The Balaban J connectivity index is 1.64. The van der Waals surface area contributed by atoms with Gasteiger partial charge in [0.15, 0.2) is 0 Å². The van der Waals surface area contributed by atoms with Gasteiger partial charge in [0.05, 0.1) is 13.1 Å². The number of hydrogen-bond donors (Lipinski definition) is 3. The van der Waals surface area contributed by atoms with Crippen molar-refractivity contribution in [1.29, 1.82) is 0 Å². The number of benzene rings is 1. The molecule has 0 saturated carbocycles. The summed E-state index contributed by atoms with van der Waals surface area (Å²) in [5.74, 6) is -2.20. The predicted molar refractivity (Wildman–Crippen MR) is 89.1 cm³/mol. The lowest BCUT2D eigenvalue weighted by atomic mass is 9.96. The fraction of sp³-hybridized carbons (Fsp3) is 0.294. The molecule has 2 aliphatic heterocycles. The van der Waals surface area contributed by atoms with E-state index in [0.717, 1.165) is 27.1 Å². The number of carboxylic acids is 1. The number of nitrogens with one attached hydrogen (secondary N) is 2. The van der Waals surface area contributed by atoms with E-state index in [9.17, 15) is 24.3 Å². The summed E-state index contributed by atoms with van der Waals surface area (Å²) in [6.07, 6.45) is 0.167. The van der Waals surface area contributed by atoms with Crippen LogP contribution in [0.3, 0.4) is 0 Å². The van der Waals surface area contributed by atoms with Gasteiger partial charge in [0.2, 0.25) is 5.91 Å². The van der Waals surface area contributed by atoms with Crippen LogP contribution in [0.2, 0.25) is 0 Å². The van der Waals surface area contributed by atoms with Gasteiger partial charge in [-0.25, -0.2) is 9.59 Å². The molecular weight excluding hydrogens is 340 g/mol. The molecule has 3 N–H and O–H groups in total. The van der Waals surface area contributed by atoms with Crippen LogP contribution < -0.4 is 5.32 Å². The second-order valence-electron chi connectivity index (χ2n) is 6.35. The van der Waals surface area contributed by atoms with Crippen LogP contribution in [0.15, 0.2) is 24.3 Å². The number of imide groups is 1. The number of urea groups is 1. The van der Waals surface area contributed by atoms with Crippen molar-refractivity contribution in [2.24, 2.45) is 0 Å². The van der Waals surface area contributed by atoms with Gasteiger partial charge in [0.25, 0.3) is 5.91 Å². The smallest absolute Gasteiger partial charge is 0.326 e. The van der Waals surface area contributed by atoms with Crippen LogP contribution in [0, 0.1) is 0 Å². The molecule has 1 atom stereocenters. The lowest BCUT2D eigenvalue weighted by Crippen LogP contribution is -2.52. The molecule has 4 amide bonds. The molecule has 0 bridgehead atoms. The Hall–Kier alpha value is -3.36. The van der Waals surface area contributed by atoms with Crippen molar-refractivity contribution < 1.29 is 24.3 Å². The van der Waals surface area contributed by atoms with Gasteiger partial charge in [-0.3, -0.25) is 14.5 Å². The second kappa shape index (κ2) is 5.87. The van der Waals surface area contributed by atoms with Gasteiger partial charge >= 0.3 is 12.0 Å². The molecule has 1 fully saturated rings. The van der Waals surface area contributed by atoms with E-state index in [-0.39, 0.29) is 19.5 Å². The molecule has 2 aromatic rings. The van der Waals surface area contributed by atoms with Crippen molar-refractivity contribution >= 4 is 34.7 Å². The molecule has 134 valence electrons. The molecule has 1 aromatic heterocycles. The number of aliphatic carboxylic acids is 1. The Morgan fingerprint density at radius 3 is 2.69 bits per heavy atom. The molecular formula is C17H16N4O5. The summed E-state index contributed by atoms with van der Waals surface area (Å²) in [5, 5.41) is 12.9. The first-order chi connectivity index (χ1) is 12.5. The molecule has 26 heavy (non-hydrogen) atoms. The molecule has 0 spiro atoms. The third kappa shape index (κ3) is 2.48. The molecule has 1 aromatic carbocycles. The van der Waals surface area contributed by atoms with Crippen LogP contribution in [0.25, 0.3) is 10.9 Å².